The van der Waals surface area contributed by atoms with Crippen molar-refractivity contribution in [3.8, 4) is 5.88 Å². The van der Waals surface area contributed by atoms with Gasteiger partial charge in [-0.25, -0.2) is 4.98 Å². The van der Waals surface area contributed by atoms with Crippen LogP contribution < -0.4 is 4.74 Å². The number of rotatable bonds is 6. The molecule has 1 aromatic rings. The fraction of sp³-hybridized carbons (Fsp3) is 0.735. The average Bonchev–Trinajstić information content (AvgIpc) is 3.47. The smallest absolute Gasteiger partial charge is 0.310 e. The van der Waals surface area contributed by atoms with Gasteiger partial charge in [-0.1, -0.05) is 24.3 Å². The highest BCUT2D eigenvalue weighted by Crippen LogP contribution is 2.61. The van der Waals surface area contributed by atoms with Crippen LogP contribution in [-0.2, 0) is 4.79 Å². The molecular weight excluding hydrogens is 484 g/mol. The molecule has 1 N–H and O–H groups in total. The quantitative estimate of drug-likeness (QED) is 0.389. The molecule has 5 heteroatoms. The Bertz CT molecular complexity index is 1090. The highest BCUT2D eigenvalue weighted by atomic mass is 16.5. The fourth-order valence-electron chi connectivity index (χ4n) is 11.1. The molecule has 0 radical (unpaired) electrons. The van der Waals surface area contributed by atoms with Crippen molar-refractivity contribution in [2.45, 2.75) is 83.5 Å². The number of carboxylic acid groups (broad SMARTS) is 1. The van der Waals surface area contributed by atoms with Crippen LogP contribution in [0.2, 0.25) is 0 Å². The van der Waals surface area contributed by atoms with Crippen LogP contribution in [0.4, 0.5) is 0 Å². The summed E-state index contributed by atoms with van der Waals surface area (Å²) < 4.78 is 5.87. The zero-order chi connectivity index (χ0) is 26.4. The van der Waals surface area contributed by atoms with E-state index in [-0.39, 0.29) is 5.92 Å². The van der Waals surface area contributed by atoms with Crippen molar-refractivity contribution in [1.82, 2.24) is 9.97 Å². The maximum atomic E-state index is 12.9. The molecule has 0 amide bonds. The van der Waals surface area contributed by atoms with E-state index in [1.165, 1.54) is 64.2 Å². The molecule has 210 valence electrons. The molecule has 39 heavy (non-hydrogen) atoms. The molecule has 0 saturated heterocycles. The first kappa shape index (κ1) is 25.8. The van der Waals surface area contributed by atoms with Crippen molar-refractivity contribution in [3.63, 3.8) is 0 Å². The van der Waals surface area contributed by atoms with Gasteiger partial charge in [-0.05, 0) is 143 Å². The Morgan fingerprint density at radius 2 is 1.62 bits per heavy atom. The van der Waals surface area contributed by atoms with Crippen LogP contribution in [0.5, 0.6) is 5.88 Å². The number of fused-ring (bicyclic) bond motifs is 7. The van der Waals surface area contributed by atoms with Crippen molar-refractivity contribution in [1.29, 1.82) is 0 Å². The maximum absolute atomic E-state index is 12.9. The fourth-order valence-corrected chi connectivity index (χ4v) is 11.1. The molecule has 6 aliphatic rings. The first-order valence-corrected chi connectivity index (χ1v) is 16.1. The van der Waals surface area contributed by atoms with Gasteiger partial charge in [-0.3, -0.25) is 9.78 Å². The Balaban J connectivity index is 1.03. The summed E-state index contributed by atoms with van der Waals surface area (Å²) in [6.07, 6.45) is 30.3. The van der Waals surface area contributed by atoms with E-state index in [0.29, 0.717) is 31.2 Å². The molecule has 1 aromatic heterocycles. The number of aliphatic carboxylic acids is 1. The third-order valence-electron chi connectivity index (χ3n) is 12.7. The zero-order valence-electron chi connectivity index (χ0n) is 23.4. The molecule has 0 spiro atoms. The van der Waals surface area contributed by atoms with Gasteiger partial charge < -0.3 is 9.84 Å². The molecule has 7 rings (SSSR count). The molecular formula is C34H46N2O3. The van der Waals surface area contributed by atoms with Crippen LogP contribution in [0, 0.1) is 64.6 Å². The van der Waals surface area contributed by atoms with Crippen LogP contribution in [0.3, 0.4) is 0 Å². The lowest BCUT2D eigenvalue weighted by Crippen LogP contribution is -2.50. The Labute approximate surface area is 233 Å². The van der Waals surface area contributed by atoms with E-state index in [2.05, 4.69) is 34.3 Å². The predicted octanol–water partition coefficient (Wildman–Crippen LogP) is 7.35. The number of hydrogen-bond acceptors (Lipinski definition) is 4. The average molecular weight is 531 g/mol. The van der Waals surface area contributed by atoms with E-state index in [1.807, 2.05) is 0 Å². The van der Waals surface area contributed by atoms with Gasteiger partial charge in [0.15, 0.2) is 0 Å². The monoisotopic (exact) mass is 530 g/mol. The summed E-state index contributed by atoms with van der Waals surface area (Å²) in [5, 5.41) is 10.6. The van der Waals surface area contributed by atoms with Gasteiger partial charge >= 0.3 is 5.97 Å². The van der Waals surface area contributed by atoms with Crippen molar-refractivity contribution in [2.75, 3.05) is 6.61 Å². The second-order valence-corrected chi connectivity index (χ2v) is 14.0. The highest BCUT2D eigenvalue weighted by Gasteiger charge is 2.54. The molecule has 11 unspecified atom stereocenters. The van der Waals surface area contributed by atoms with Crippen molar-refractivity contribution >= 4 is 5.97 Å². The molecule has 11 atom stereocenters. The van der Waals surface area contributed by atoms with Gasteiger partial charge in [-0.2, -0.15) is 0 Å². The van der Waals surface area contributed by atoms with E-state index in [0.717, 1.165) is 53.8 Å². The van der Waals surface area contributed by atoms with Crippen LogP contribution in [0.25, 0.3) is 0 Å². The summed E-state index contributed by atoms with van der Waals surface area (Å²) in [4.78, 5) is 21.2. The van der Waals surface area contributed by atoms with Gasteiger partial charge in [0.1, 0.15) is 0 Å². The molecule has 5 nitrogen and oxygen atoms in total. The topological polar surface area (TPSA) is 72.3 Å². The van der Waals surface area contributed by atoms with E-state index < -0.39 is 11.4 Å². The van der Waals surface area contributed by atoms with Gasteiger partial charge in [0.05, 0.1) is 18.2 Å². The third kappa shape index (κ3) is 4.56. The largest absolute Gasteiger partial charge is 0.481 e. The maximum Gasteiger partial charge on any atom is 0.310 e. The minimum Gasteiger partial charge on any atom is -0.481 e. The minimum atomic E-state index is -0.738. The standard InChI is InChI=1S/C34H46N2O3/c37-33(38)34(16-19-39-32-21-35-17-18-36-32)15-2-1-6-31(34)24-9-10-26-23(20-24)8-12-30-28(26)14-13-27-25-5-3-4-22(25)7-11-29(27)30/h1,3-4,6,17-18,21-31H,2,5,7-16,19-20H2,(H,37,38). The Morgan fingerprint density at radius 1 is 0.872 bits per heavy atom. The Hall–Kier alpha value is -2.17. The van der Waals surface area contributed by atoms with Crippen LogP contribution in [0.1, 0.15) is 83.5 Å². The highest BCUT2D eigenvalue weighted by molar-refractivity contribution is 5.76. The van der Waals surface area contributed by atoms with Crippen LogP contribution in [-0.4, -0.2) is 27.7 Å². The molecule has 0 aromatic carbocycles. The molecule has 1 heterocycles. The van der Waals surface area contributed by atoms with E-state index in [9.17, 15) is 9.90 Å². The Morgan fingerprint density at radius 3 is 2.44 bits per heavy atom. The van der Waals surface area contributed by atoms with Gasteiger partial charge in [0, 0.05) is 12.4 Å². The number of carboxylic acids is 1. The summed E-state index contributed by atoms with van der Waals surface area (Å²) >= 11 is 0. The molecule has 6 aliphatic carbocycles. The third-order valence-corrected chi connectivity index (χ3v) is 12.7. The normalized spacial score (nSPS) is 44.5. The molecule has 0 aliphatic heterocycles. The lowest BCUT2D eigenvalue weighted by atomic mass is 9.48. The van der Waals surface area contributed by atoms with E-state index >= 15 is 0 Å². The SMILES string of the molecule is O=C(O)C1(CCOc2cnccn2)CCC=CC1C1CCC2C(CCC3C2CCC2C4CC=CC4CCC23)C1. The first-order chi connectivity index (χ1) is 19.1. The first-order valence-electron chi connectivity index (χ1n) is 16.1. The van der Waals surface area contributed by atoms with E-state index in [1.54, 1.807) is 18.6 Å². The lowest BCUT2D eigenvalue weighted by molar-refractivity contribution is -0.156. The van der Waals surface area contributed by atoms with Crippen molar-refractivity contribution in [3.05, 3.63) is 42.9 Å². The number of hydrogen-bond donors (Lipinski definition) is 1. The van der Waals surface area contributed by atoms with Gasteiger partial charge in [0.25, 0.3) is 0 Å². The van der Waals surface area contributed by atoms with Crippen molar-refractivity contribution < 1.29 is 14.6 Å². The lowest BCUT2D eigenvalue weighted by Gasteiger charge is -2.57. The molecule has 0 bridgehead atoms. The summed E-state index contributed by atoms with van der Waals surface area (Å²) in [5.74, 6) is 7.81. The van der Waals surface area contributed by atoms with Crippen LogP contribution >= 0.6 is 0 Å². The van der Waals surface area contributed by atoms with Gasteiger partial charge in [0.2, 0.25) is 5.88 Å². The summed E-state index contributed by atoms with van der Waals surface area (Å²) in [7, 11) is 0. The predicted molar refractivity (Wildman–Crippen MR) is 151 cm³/mol. The number of aromatic nitrogens is 2. The molecule has 4 saturated carbocycles. The Kier molecular flexibility index (Phi) is 7.05. The number of nitrogens with zero attached hydrogens (tertiary/aromatic N) is 2. The number of carbonyl (C=O) groups is 1. The van der Waals surface area contributed by atoms with E-state index in [4.69, 9.17) is 4.74 Å². The summed E-state index contributed by atoms with van der Waals surface area (Å²) in [6, 6.07) is 0. The second kappa shape index (κ2) is 10.7. The van der Waals surface area contributed by atoms with Gasteiger partial charge in [-0.15, -0.1) is 0 Å². The summed E-state index contributed by atoms with van der Waals surface area (Å²) in [6.45, 7) is 0.373. The number of allylic oxidation sites excluding steroid dienone is 4. The second-order valence-electron chi connectivity index (χ2n) is 14.0. The number of ether oxygens (including phenoxy) is 1. The molecule has 4 fully saturated rings. The van der Waals surface area contributed by atoms with Crippen LogP contribution in [0.15, 0.2) is 42.9 Å². The summed E-state index contributed by atoms with van der Waals surface area (Å²) in [5.41, 5.74) is -0.738. The van der Waals surface area contributed by atoms with Crippen molar-refractivity contribution in [2.24, 2.45) is 64.6 Å². The minimum absolute atomic E-state index is 0.105. The zero-order valence-corrected chi connectivity index (χ0v) is 23.4.